The molecule has 0 saturated carbocycles. The van der Waals surface area contributed by atoms with Crippen molar-refractivity contribution in [3.05, 3.63) is 0 Å². The molecule has 1 unspecified atom stereocenters. The maximum absolute atomic E-state index is 14.0. The van der Waals surface area contributed by atoms with Gasteiger partial charge in [-0.15, -0.1) is 0 Å². The number of alkyl halides is 2. The third kappa shape index (κ3) is 4.32. The summed E-state index contributed by atoms with van der Waals surface area (Å²) in [5.41, 5.74) is -2.33. The van der Waals surface area contributed by atoms with Crippen molar-refractivity contribution in [3.63, 3.8) is 0 Å². The Morgan fingerprint density at radius 1 is 1.50 bits per heavy atom. The molecule has 0 aliphatic carbocycles. The summed E-state index contributed by atoms with van der Waals surface area (Å²) < 4.78 is 24.0. The van der Waals surface area contributed by atoms with Crippen LogP contribution < -0.4 is 0 Å². The Hall–Kier alpha value is -0.890. The Bertz CT molecular complexity index is 428. The molecule has 1 N–H and O–H groups in total. The lowest BCUT2D eigenvalue weighted by molar-refractivity contribution is -0.155. The van der Waals surface area contributed by atoms with Crippen molar-refractivity contribution in [3.8, 4) is 0 Å². The summed E-state index contributed by atoms with van der Waals surface area (Å²) in [6.07, 6.45) is -3.43. The van der Waals surface area contributed by atoms with Gasteiger partial charge in [0.2, 0.25) is 0 Å². The van der Waals surface area contributed by atoms with Crippen LogP contribution in [0, 0.1) is 0 Å². The lowest BCUT2D eigenvalue weighted by atomic mass is 9.89. The van der Waals surface area contributed by atoms with E-state index in [4.69, 9.17) is 9.47 Å². The molecule has 8 heteroatoms. The molecule has 0 spiro atoms. The predicted molar refractivity (Wildman–Crippen MR) is 81.6 cm³/mol. The minimum atomic E-state index is -1.55. The fourth-order valence-electron chi connectivity index (χ4n) is 2.59. The number of aliphatic hydroxyl groups excluding tert-OH is 1. The molecule has 0 bridgehead atoms. The summed E-state index contributed by atoms with van der Waals surface area (Å²) in [5, 5.41) is 10.1. The van der Waals surface area contributed by atoms with Crippen LogP contribution in [0.25, 0.3) is 0 Å². The summed E-state index contributed by atoms with van der Waals surface area (Å²) in [7, 11) is 1.17. The smallest absolute Gasteiger partial charge is 0.411 e. The third-order valence-corrected chi connectivity index (χ3v) is 4.13. The molecule has 1 fully saturated rings. The first-order chi connectivity index (χ1) is 10.1. The second kappa shape index (κ2) is 7.12. The van der Waals surface area contributed by atoms with Crippen LogP contribution in [0.1, 0.15) is 33.6 Å². The number of esters is 1. The first-order valence-electron chi connectivity index (χ1n) is 7.03. The van der Waals surface area contributed by atoms with Crippen molar-refractivity contribution >= 4 is 28.0 Å². The molecule has 1 amide bonds. The van der Waals surface area contributed by atoms with Crippen LogP contribution in [-0.2, 0) is 14.3 Å². The molecule has 128 valence electrons. The zero-order chi connectivity index (χ0) is 17.1. The van der Waals surface area contributed by atoms with Gasteiger partial charge < -0.3 is 14.6 Å². The number of ether oxygens (including phenoxy) is 2. The van der Waals surface area contributed by atoms with Crippen molar-refractivity contribution in [2.75, 3.05) is 19.0 Å². The number of nitrogens with zero attached hydrogens (tertiary/aromatic N) is 1. The van der Waals surface area contributed by atoms with Gasteiger partial charge in [0.25, 0.3) is 0 Å². The van der Waals surface area contributed by atoms with E-state index in [9.17, 15) is 19.1 Å². The first-order valence-corrected chi connectivity index (χ1v) is 8.15. The first kappa shape index (κ1) is 19.2. The molecule has 0 aromatic heterocycles. The van der Waals surface area contributed by atoms with Gasteiger partial charge in [-0.2, -0.15) is 0 Å². The predicted octanol–water partition coefficient (Wildman–Crippen LogP) is 2.02. The highest BCUT2D eigenvalue weighted by atomic mass is 79.9. The molecule has 1 aliphatic rings. The topological polar surface area (TPSA) is 76.1 Å². The summed E-state index contributed by atoms with van der Waals surface area (Å²) in [5.74, 6) is -0.751. The number of hydrogen-bond acceptors (Lipinski definition) is 5. The molecule has 0 aromatic rings. The van der Waals surface area contributed by atoms with Crippen LogP contribution in [0.2, 0.25) is 0 Å². The molecule has 6 nitrogen and oxygen atoms in total. The van der Waals surface area contributed by atoms with Gasteiger partial charge in [0.15, 0.2) is 0 Å². The summed E-state index contributed by atoms with van der Waals surface area (Å²) in [6, 6.07) is 0. The summed E-state index contributed by atoms with van der Waals surface area (Å²) >= 11 is 3.11. The maximum atomic E-state index is 14.0. The highest BCUT2D eigenvalue weighted by Gasteiger charge is 2.56. The van der Waals surface area contributed by atoms with Crippen LogP contribution in [0.15, 0.2) is 0 Å². The second-order valence-corrected chi connectivity index (χ2v) is 7.08. The Balaban J connectivity index is 3.14. The van der Waals surface area contributed by atoms with Crippen LogP contribution >= 0.6 is 15.9 Å². The van der Waals surface area contributed by atoms with E-state index in [2.05, 4.69) is 15.9 Å². The van der Waals surface area contributed by atoms with E-state index in [-0.39, 0.29) is 24.7 Å². The van der Waals surface area contributed by atoms with Crippen molar-refractivity contribution in [2.24, 2.45) is 0 Å². The SMILES string of the molecule is COC(=O)[C@]1(CC(O)CBr)C[C@H](F)CN1C(=O)OC(C)(C)C. The molecule has 1 heterocycles. The van der Waals surface area contributed by atoms with Gasteiger partial charge in [0.05, 0.1) is 19.8 Å². The average Bonchev–Trinajstić information content (AvgIpc) is 2.73. The second-order valence-electron chi connectivity index (χ2n) is 6.43. The van der Waals surface area contributed by atoms with Crippen LogP contribution in [-0.4, -0.2) is 64.5 Å². The van der Waals surface area contributed by atoms with Gasteiger partial charge in [-0.3, -0.25) is 4.90 Å². The monoisotopic (exact) mass is 383 g/mol. The fourth-order valence-corrected chi connectivity index (χ4v) is 2.81. The zero-order valence-corrected chi connectivity index (χ0v) is 14.9. The number of aliphatic hydroxyl groups is 1. The summed E-state index contributed by atoms with van der Waals surface area (Å²) in [6.45, 7) is 4.78. The standard InChI is InChI=1S/C14H23BrFNO5/c1-13(2,3)22-12(20)17-8-9(16)5-14(17,11(19)21-4)6-10(18)7-15/h9-10,18H,5-8H2,1-4H3/t9-,10?,14+/m0/s1. The number of methoxy groups -OCH3 is 1. The van der Waals surface area contributed by atoms with Gasteiger partial charge in [0, 0.05) is 18.2 Å². The lowest BCUT2D eigenvalue weighted by Crippen LogP contribution is -2.56. The minimum absolute atomic E-state index is 0.120. The summed E-state index contributed by atoms with van der Waals surface area (Å²) in [4.78, 5) is 25.6. The third-order valence-electron chi connectivity index (χ3n) is 3.39. The number of carbonyl (C=O) groups is 2. The zero-order valence-electron chi connectivity index (χ0n) is 13.3. The Morgan fingerprint density at radius 3 is 2.55 bits per heavy atom. The molecule has 0 radical (unpaired) electrons. The number of halogens is 2. The lowest BCUT2D eigenvalue weighted by Gasteiger charge is -2.37. The normalized spacial score (nSPS) is 26.7. The van der Waals surface area contributed by atoms with E-state index in [0.29, 0.717) is 0 Å². The molecule has 1 aliphatic heterocycles. The van der Waals surface area contributed by atoms with E-state index in [1.807, 2.05) is 0 Å². The van der Waals surface area contributed by atoms with Gasteiger partial charge in [-0.1, -0.05) is 15.9 Å². The van der Waals surface area contributed by atoms with Crippen LogP contribution in [0.3, 0.4) is 0 Å². The van der Waals surface area contributed by atoms with Crippen molar-refractivity contribution < 1.29 is 28.6 Å². The molecular formula is C14H23BrFNO5. The number of hydrogen-bond donors (Lipinski definition) is 1. The van der Waals surface area contributed by atoms with E-state index < -0.39 is 35.5 Å². The molecule has 3 atom stereocenters. The highest BCUT2D eigenvalue weighted by Crippen LogP contribution is 2.37. The van der Waals surface area contributed by atoms with Gasteiger partial charge in [-0.05, 0) is 20.8 Å². The Labute approximate surface area is 138 Å². The fraction of sp³-hybridized carbons (Fsp3) is 0.857. The molecule has 1 saturated heterocycles. The van der Waals surface area contributed by atoms with E-state index in [1.165, 1.54) is 7.11 Å². The van der Waals surface area contributed by atoms with Crippen molar-refractivity contribution in [1.82, 2.24) is 4.90 Å². The van der Waals surface area contributed by atoms with Crippen molar-refractivity contribution in [2.45, 2.75) is 57.0 Å². The van der Waals surface area contributed by atoms with Gasteiger partial charge in [-0.25, -0.2) is 14.0 Å². The number of carbonyl (C=O) groups excluding carboxylic acids is 2. The largest absolute Gasteiger partial charge is 0.467 e. The molecule has 1 rings (SSSR count). The minimum Gasteiger partial charge on any atom is -0.467 e. The Morgan fingerprint density at radius 2 is 2.09 bits per heavy atom. The van der Waals surface area contributed by atoms with Crippen molar-refractivity contribution in [1.29, 1.82) is 0 Å². The number of amides is 1. The molecule has 0 aromatic carbocycles. The highest BCUT2D eigenvalue weighted by molar-refractivity contribution is 9.09. The van der Waals surface area contributed by atoms with Crippen LogP contribution in [0.4, 0.5) is 9.18 Å². The van der Waals surface area contributed by atoms with E-state index >= 15 is 0 Å². The number of likely N-dealkylation sites (tertiary alicyclic amines) is 1. The van der Waals surface area contributed by atoms with Crippen LogP contribution in [0.5, 0.6) is 0 Å². The maximum Gasteiger partial charge on any atom is 0.411 e. The molecule has 22 heavy (non-hydrogen) atoms. The Kier molecular flexibility index (Phi) is 6.20. The molecular weight excluding hydrogens is 361 g/mol. The quantitative estimate of drug-likeness (QED) is 0.593. The van der Waals surface area contributed by atoms with Gasteiger partial charge in [0.1, 0.15) is 17.3 Å². The van der Waals surface area contributed by atoms with Gasteiger partial charge >= 0.3 is 12.1 Å². The van der Waals surface area contributed by atoms with E-state index in [1.54, 1.807) is 20.8 Å². The number of rotatable bonds is 4. The average molecular weight is 384 g/mol. The van der Waals surface area contributed by atoms with E-state index in [0.717, 1.165) is 4.90 Å².